The van der Waals surface area contributed by atoms with Crippen LogP contribution in [0.3, 0.4) is 0 Å². The fourth-order valence-corrected chi connectivity index (χ4v) is 10.8. The Kier molecular flexibility index (Phi) is 10.8. The summed E-state index contributed by atoms with van der Waals surface area (Å²) in [6, 6.07) is 35.4. The second-order valence-electron chi connectivity index (χ2n) is 11.9. The number of benzene rings is 4. The average Bonchev–Trinajstić information content (AvgIpc) is 3.10. The maximum absolute atomic E-state index is 14.6. The number of amides is 2. The van der Waals surface area contributed by atoms with Crippen molar-refractivity contribution in [3.63, 3.8) is 0 Å². The van der Waals surface area contributed by atoms with Gasteiger partial charge >= 0.3 is 12.1 Å². The normalized spacial score (nSPS) is 15.7. The number of rotatable bonds is 13. The number of primary amides is 1. The molecule has 5 rings (SSSR count). The summed E-state index contributed by atoms with van der Waals surface area (Å²) in [5.74, 6) is -1.63. The summed E-state index contributed by atoms with van der Waals surface area (Å²) in [5, 5.41) is 2.60. The van der Waals surface area contributed by atoms with Crippen LogP contribution in [0.25, 0.3) is 0 Å². The molecule has 4 aromatic carbocycles. The summed E-state index contributed by atoms with van der Waals surface area (Å²) in [7, 11) is 0. The van der Waals surface area contributed by atoms with E-state index in [2.05, 4.69) is 6.58 Å². The van der Waals surface area contributed by atoms with E-state index in [1.807, 2.05) is 105 Å². The molecule has 48 heavy (non-hydrogen) atoms. The standard InChI is InChI=1S/C39H39N2O6P/c1-4-24-46-38(44)37(48(30-14-8-5-9-15-30,31-16-10-6-11-17-31)32-18-12-7-13-19-32)41-33(35(27(2)3)36(41)43)25-34(42)29-22-20-28(21-23-29)26-47-39(40)45/h4-23,27,33,35H,1,24-26H2,2-3H3,(H2,40,45)/t33-,35-/m1/s1. The molecule has 0 bridgehead atoms. The Hall–Kier alpha value is -5.20. The number of Topliss-reactive ketones (excluding diaryl/α,β-unsaturated/α-hetero) is 1. The molecule has 2 amide bonds. The van der Waals surface area contributed by atoms with Gasteiger partial charge in [-0.2, -0.15) is 0 Å². The molecular formula is C39H39N2O6P. The van der Waals surface area contributed by atoms with E-state index in [0.717, 1.165) is 15.9 Å². The van der Waals surface area contributed by atoms with Crippen molar-refractivity contribution in [2.75, 3.05) is 6.61 Å². The zero-order valence-corrected chi connectivity index (χ0v) is 27.9. The number of ketones is 1. The highest BCUT2D eigenvalue weighted by Crippen LogP contribution is 2.50. The summed E-state index contributed by atoms with van der Waals surface area (Å²) in [4.78, 5) is 55.5. The van der Waals surface area contributed by atoms with Crippen LogP contribution in [0.2, 0.25) is 0 Å². The smallest absolute Gasteiger partial charge is 0.404 e. The fourth-order valence-electron chi connectivity index (χ4n) is 6.39. The van der Waals surface area contributed by atoms with Gasteiger partial charge in [0.1, 0.15) is 18.6 Å². The molecule has 1 heterocycles. The molecule has 0 spiro atoms. The highest BCUT2D eigenvalue weighted by molar-refractivity contribution is 7.96. The van der Waals surface area contributed by atoms with E-state index in [0.29, 0.717) is 11.1 Å². The number of hydrogen-bond donors (Lipinski definition) is 1. The van der Waals surface area contributed by atoms with Crippen LogP contribution < -0.4 is 21.6 Å². The highest BCUT2D eigenvalue weighted by atomic mass is 31.2. The number of carbonyl (C=O) groups is 4. The zero-order valence-electron chi connectivity index (χ0n) is 27.0. The molecule has 9 heteroatoms. The Morgan fingerprint density at radius 3 is 1.75 bits per heavy atom. The van der Waals surface area contributed by atoms with Gasteiger partial charge in [-0.3, -0.25) is 9.59 Å². The molecule has 8 nitrogen and oxygen atoms in total. The molecule has 4 aromatic rings. The summed E-state index contributed by atoms with van der Waals surface area (Å²) < 4.78 is 10.7. The monoisotopic (exact) mass is 662 g/mol. The van der Waals surface area contributed by atoms with E-state index in [4.69, 9.17) is 15.2 Å². The molecule has 1 aliphatic rings. The summed E-state index contributed by atoms with van der Waals surface area (Å²) in [6.07, 6.45) is 0.600. The fraction of sp³-hybridized carbons (Fsp3) is 0.205. The Morgan fingerprint density at radius 1 is 0.812 bits per heavy atom. The van der Waals surface area contributed by atoms with Crippen molar-refractivity contribution in [2.24, 2.45) is 17.6 Å². The van der Waals surface area contributed by atoms with Gasteiger partial charge in [0, 0.05) is 18.9 Å². The lowest BCUT2D eigenvalue weighted by Gasteiger charge is -2.51. The summed E-state index contributed by atoms with van der Waals surface area (Å²) in [5.41, 5.74) is 6.43. The molecule has 1 fully saturated rings. The largest absolute Gasteiger partial charge is 0.457 e. The third-order valence-corrected chi connectivity index (χ3v) is 12.8. The lowest BCUT2D eigenvalue weighted by molar-refractivity contribution is -0.153. The molecule has 246 valence electrons. The van der Waals surface area contributed by atoms with Gasteiger partial charge in [-0.05, 0) is 27.4 Å². The quantitative estimate of drug-likeness (QED) is 0.0693. The minimum atomic E-state index is -3.10. The molecule has 0 radical (unpaired) electrons. The molecule has 0 saturated carbocycles. The van der Waals surface area contributed by atoms with Gasteiger partial charge in [-0.1, -0.05) is 142 Å². The van der Waals surface area contributed by atoms with Crippen molar-refractivity contribution < 1.29 is 28.7 Å². The topological polar surface area (TPSA) is 116 Å². The number of esters is 1. The van der Waals surface area contributed by atoms with E-state index in [9.17, 15) is 19.2 Å². The van der Waals surface area contributed by atoms with Crippen LogP contribution in [-0.2, 0) is 25.7 Å². The molecule has 2 atom stereocenters. The zero-order chi connectivity index (χ0) is 34.3. The average molecular weight is 663 g/mol. The highest BCUT2D eigenvalue weighted by Gasteiger charge is 2.55. The minimum Gasteiger partial charge on any atom is -0.457 e. The first-order valence-electron chi connectivity index (χ1n) is 15.8. The van der Waals surface area contributed by atoms with Crippen LogP contribution in [-0.4, -0.2) is 46.7 Å². The van der Waals surface area contributed by atoms with Gasteiger partial charge in [0.25, 0.3) is 0 Å². The first kappa shape index (κ1) is 34.1. The van der Waals surface area contributed by atoms with Crippen molar-refractivity contribution in [1.82, 2.24) is 4.90 Å². The second kappa shape index (κ2) is 15.1. The predicted molar refractivity (Wildman–Crippen MR) is 190 cm³/mol. The van der Waals surface area contributed by atoms with E-state index >= 15 is 0 Å². The lowest BCUT2D eigenvalue weighted by Crippen LogP contribution is -2.67. The van der Waals surface area contributed by atoms with Crippen molar-refractivity contribution in [2.45, 2.75) is 32.9 Å². The van der Waals surface area contributed by atoms with Crippen LogP contribution in [0.4, 0.5) is 4.79 Å². The SMILES string of the molecule is C=CCOC(=O)C(N1C(=O)[C@H](C(C)C)[C@H]1CC(=O)c1ccc(COC(N)=O)cc1)=P(c1ccccc1)(c1ccccc1)c1ccccc1. The Bertz CT molecular complexity index is 1740. The summed E-state index contributed by atoms with van der Waals surface area (Å²) >= 11 is 0. The van der Waals surface area contributed by atoms with Crippen LogP contribution in [0, 0.1) is 11.8 Å². The van der Waals surface area contributed by atoms with Gasteiger partial charge < -0.3 is 20.1 Å². The minimum absolute atomic E-state index is 0.0116. The second-order valence-corrected chi connectivity index (χ2v) is 15.2. The predicted octanol–water partition coefficient (Wildman–Crippen LogP) is 5.19. The van der Waals surface area contributed by atoms with Crippen LogP contribution >= 0.6 is 6.89 Å². The number of ether oxygens (including phenoxy) is 2. The first-order chi connectivity index (χ1) is 23.2. The van der Waals surface area contributed by atoms with Crippen molar-refractivity contribution in [1.29, 1.82) is 0 Å². The lowest BCUT2D eigenvalue weighted by atomic mass is 9.76. The van der Waals surface area contributed by atoms with Crippen LogP contribution in [0.5, 0.6) is 0 Å². The Morgan fingerprint density at radius 2 is 1.31 bits per heavy atom. The maximum atomic E-state index is 14.6. The van der Waals surface area contributed by atoms with Gasteiger partial charge in [-0.15, -0.1) is 0 Å². The molecule has 2 N–H and O–H groups in total. The molecule has 0 unspecified atom stereocenters. The number of nitrogens with two attached hydrogens (primary N) is 1. The van der Waals surface area contributed by atoms with Crippen molar-refractivity contribution in [3.8, 4) is 0 Å². The van der Waals surface area contributed by atoms with E-state index < -0.39 is 30.9 Å². The van der Waals surface area contributed by atoms with Crippen molar-refractivity contribution >= 4 is 52.0 Å². The van der Waals surface area contributed by atoms with Crippen LogP contribution in [0.1, 0.15) is 36.2 Å². The number of nitrogens with zero attached hydrogens (tertiary/aromatic N) is 1. The van der Waals surface area contributed by atoms with E-state index in [1.165, 1.54) is 6.08 Å². The van der Waals surface area contributed by atoms with Gasteiger partial charge in [-0.25, -0.2) is 9.59 Å². The number of β-lactam (4-membered cyclic amide) rings is 1. The molecule has 0 aromatic heterocycles. The number of hydrogen-bond acceptors (Lipinski definition) is 6. The van der Waals surface area contributed by atoms with Gasteiger partial charge in [0.05, 0.1) is 12.0 Å². The molecule has 1 saturated heterocycles. The third-order valence-electron chi connectivity index (χ3n) is 8.53. The Balaban J connectivity index is 1.74. The molecular weight excluding hydrogens is 623 g/mol. The molecule has 0 aliphatic carbocycles. The first-order valence-corrected chi connectivity index (χ1v) is 17.6. The maximum Gasteiger partial charge on any atom is 0.404 e. The van der Waals surface area contributed by atoms with Gasteiger partial charge in [0.2, 0.25) is 5.91 Å². The Labute approximate surface area is 281 Å². The van der Waals surface area contributed by atoms with E-state index in [1.54, 1.807) is 29.2 Å². The van der Waals surface area contributed by atoms with Crippen molar-refractivity contribution in [3.05, 3.63) is 139 Å². The third kappa shape index (κ3) is 6.76. The van der Waals surface area contributed by atoms with Gasteiger partial charge in [0.15, 0.2) is 5.78 Å². The van der Waals surface area contributed by atoms with Crippen LogP contribution in [0.15, 0.2) is 128 Å². The number of carbonyl (C=O) groups excluding carboxylic acids is 4. The van der Waals surface area contributed by atoms with E-state index in [-0.39, 0.29) is 42.7 Å². The summed E-state index contributed by atoms with van der Waals surface area (Å²) in [6.45, 7) is 4.48. The molecule has 1 aliphatic heterocycles. The number of likely N-dealkylation sites (tertiary alicyclic amines) is 1.